The predicted molar refractivity (Wildman–Crippen MR) is 116 cm³/mol. The molecule has 1 unspecified atom stereocenters. The van der Waals surface area contributed by atoms with E-state index in [2.05, 4.69) is 5.32 Å². The second kappa shape index (κ2) is 8.49. The fourth-order valence-electron chi connectivity index (χ4n) is 3.94. The van der Waals surface area contributed by atoms with Gasteiger partial charge in [-0.15, -0.1) is 0 Å². The minimum absolute atomic E-state index is 0.0455. The topological polar surface area (TPSA) is 111 Å². The largest absolute Gasteiger partial charge is 0.355 e. The van der Waals surface area contributed by atoms with E-state index in [0.29, 0.717) is 37.2 Å². The highest BCUT2D eigenvalue weighted by Crippen LogP contribution is 2.31. The summed E-state index contributed by atoms with van der Waals surface area (Å²) in [6, 6.07) is 19.1. The van der Waals surface area contributed by atoms with Gasteiger partial charge in [0.05, 0.1) is 16.5 Å². The Morgan fingerprint density at radius 2 is 1.71 bits per heavy atom. The Labute approximate surface area is 180 Å². The molecule has 0 fully saturated rings. The van der Waals surface area contributed by atoms with Crippen molar-refractivity contribution in [3.8, 4) is 0 Å². The lowest BCUT2D eigenvalue weighted by molar-refractivity contribution is -0.122. The Morgan fingerprint density at radius 3 is 2.39 bits per heavy atom. The molecule has 8 heteroatoms. The number of nitrogens with zero attached hydrogens (tertiary/aromatic N) is 1. The average Bonchev–Trinajstić information content (AvgIpc) is 3.36. The van der Waals surface area contributed by atoms with Crippen LogP contribution in [0.4, 0.5) is 0 Å². The molecule has 1 aliphatic rings. The first kappa shape index (κ1) is 21.0. The fraction of sp³-hybridized carbons (Fsp3) is 0.217. The number of carbonyl (C=O) groups is 2. The van der Waals surface area contributed by atoms with Crippen molar-refractivity contribution in [1.82, 2.24) is 9.88 Å². The maximum atomic E-state index is 12.8. The zero-order chi connectivity index (χ0) is 22.0. The molecule has 31 heavy (non-hydrogen) atoms. The van der Waals surface area contributed by atoms with E-state index < -0.39 is 10.0 Å². The molecule has 0 radical (unpaired) electrons. The van der Waals surface area contributed by atoms with Gasteiger partial charge in [0.1, 0.15) is 0 Å². The van der Waals surface area contributed by atoms with Gasteiger partial charge in [0.25, 0.3) is 0 Å². The van der Waals surface area contributed by atoms with E-state index in [9.17, 15) is 18.0 Å². The molecule has 2 aromatic carbocycles. The lowest BCUT2D eigenvalue weighted by Crippen LogP contribution is -2.30. The first-order valence-corrected chi connectivity index (χ1v) is 11.6. The van der Waals surface area contributed by atoms with Crippen LogP contribution in [0.3, 0.4) is 0 Å². The van der Waals surface area contributed by atoms with Crippen molar-refractivity contribution in [3.05, 3.63) is 89.2 Å². The summed E-state index contributed by atoms with van der Waals surface area (Å²) in [6.45, 7) is 1.06. The van der Waals surface area contributed by atoms with Crippen molar-refractivity contribution in [2.24, 2.45) is 5.14 Å². The third-order valence-corrected chi connectivity index (χ3v) is 6.49. The number of rotatable bonds is 7. The van der Waals surface area contributed by atoms with Crippen molar-refractivity contribution in [2.75, 3.05) is 6.54 Å². The van der Waals surface area contributed by atoms with E-state index in [4.69, 9.17) is 5.14 Å². The maximum absolute atomic E-state index is 12.8. The number of nitrogens with one attached hydrogen (secondary N) is 1. The van der Waals surface area contributed by atoms with Gasteiger partial charge in [-0.1, -0.05) is 42.5 Å². The highest BCUT2D eigenvalue weighted by molar-refractivity contribution is 7.89. The van der Waals surface area contributed by atoms with E-state index in [1.54, 1.807) is 30.3 Å². The lowest BCUT2D eigenvalue weighted by Gasteiger charge is -2.11. The highest BCUT2D eigenvalue weighted by Gasteiger charge is 2.31. The van der Waals surface area contributed by atoms with Crippen LogP contribution in [-0.4, -0.2) is 31.2 Å². The summed E-state index contributed by atoms with van der Waals surface area (Å²) in [5.74, 6) is -0.408. The van der Waals surface area contributed by atoms with Crippen LogP contribution in [0.1, 0.15) is 39.6 Å². The quantitative estimate of drug-likeness (QED) is 0.552. The molecule has 4 rings (SSSR count). The van der Waals surface area contributed by atoms with E-state index in [0.717, 1.165) is 11.3 Å². The van der Waals surface area contributed by atoms with Crippen LogP contribution in [-0.2, 0) is 27.8 Å². The Morgan fingerprint density at radius 1 is 1.00 bits per heavy atom. The molecule has 0 aliphatic carbocycles. The maximum Gasteiger partial charge on any atom is 0.238 e. The Hall–Kier alpha value is -3.23. The molecule has 0 spiro atoms. The van der Waals surface area contributed by atoms with E-state index in [1.165, 1.54) is 12.1 Å². The van der Waals surface area contributed by atoms with Crippen LogP contribution >= 0.6 is 0 Å². The van der Waals surface area contributed by atoms with Crippen molar-refractivity contribution >= 4 is 21.7 Å². The summed E-state index contributed by atoms with van der Waals surface area (Å²) in [6.07, 6.45) is 1.22. The molecule has 3 N–H and O–H groups in total. The molecular weight excluding hydrogens is 414 g/mol. The summed E-state index contributed by atoms with van der Waals surface area (Å²) in [5.41, 5.74) is 2.99. The van der Waals surface area contributed by atoms with Gasteiger partial charge < -0.3 is 9.88 Å². The molecule has 0 bridgehead atoms. The number of aromatic nitrogens is 1. The van der Waals surface area contributed by atoms with Crippen molar-refractivity contribution in [3.63, 3.8) is 0 Å². The van der Waals surface area contributed by atoms with Crippen LogP contribution in [0, 0.1) is 0 Å². The number of sulfonamides is 1. The smallest absolute Gasteiger partial charge is 0.238 e. The van der Waals surface area contributed by atoms with Crippen molar-refractivity contribution < 1.29 is 18.0 Å². The van der Waals surface area contributed by atoms with E-state index in [1.807, 2.05) is 28.8 Å². The molecule has 3 aromatic rings. The zero-order valence-electron chi connectivity index (χ0n) is 16.8. The first-order chi connectivity index (χ1) is 14.8. The molecule has 1 aromatic heterocycles. The highest BCUT2D eigenvalue weighted by atomic mass is 32.2. The summed E-state index contributed by atoms with van der Waals surface area (Å²) in [5, 5.41) is 8.05. The number of nitrogens with two attached hydrogens (primary N) is 1. The fourth-order valence-corrected chi connectivity index (χ4v) is 4.46. The molecule has 1 aliphatic heterocycles. The molecule has 1 amide bonds. The van der Waals surface area contributed by atoms with Crippen LogP contribution in [0.15, 0.2) is 71.6 Å². The first-order valence-electron chi connectivity index (χ1n) is 10.0. The average molecular weight is 438 g/mol. The Bertz CT molecular complexity index is 1220. The number of ketones is 1. The standard InChI is InChI=1S/C23H23N3O4S/c24-31(29,30)18-8-6-16(7-9-18)12-14-25-23(28)19-13-15-26-20(19)10-11-21(26)22(27)17-4-2-1-3-5-17/h1-11,19H,12-15H2,(H,25,28)(H2,24,29,30). The number of fused-ring (bicyclic) bond motifs is 1. The summed E-state index contributed by atoms with van der Waals surface area (Å²) >= 11 is 0. The van der Waals surface area contributed by atoms with Gasteiger partial charge in [0, 0.05) is 24.3 Å². The molecule has 7 nitrogen and oxygen atoms in total. The van der Waals surface area contributed by atoms with Crippen LogP contribution in [0.5, 0.6) is 0 Å². The summed E-state index contributed by atoms with van der Waals surface area (Å²) in [4.78, 5) is 25.6. The minimum atomic E-state index is -3.71. The van der Waals surface area contributed by atoms with Gasteiger partial charge in [-0.2, -0.15) is 0 Å². The summed E-state index contributed by atoms with van der Waals surface area (Å²) in [7, 11) is -3.71. The minimum Gasteiger partial charge on any atom is -0.355 e. The van der Waals surface area contributed by atoms with Gasteiger partial charge in [0.15, 0.2) is 0 Å². The van der Waals surface area contributed by atoms with E-state index in [-0.39, 0.29) is 22.5 Å². The molecule has 0 saturated heterocycles. The predicted octanol–water partition coefficient (Wildman–Crippen LogP) is 2.21. The normalized spacial score (nSPS) is 15.5. The second-order valence-corrected chi connectivity index (χ2v) is 9.12. The van der Waals surface area contributed by atoms with Gasteiger partial charge in [-0.05, 0) is 42.7 Å². The second-order valence-electron chi connectivity index (χ2n) is 7.56. The third-order valence-electron chi connectivity index (χ3n) is 5.56. The van der Waals surface area contributed by atoms with Gasteiger partial charge in [-0.3, -0.25) is 9.59 Å². The number of primary sulfonamides is 1. The lowest BCUT2D eigenvalue weighted by atomic mass is 10.0. The zero-order valence-corrected chi connectivity index (χ0v) is 17.6. The van der Waals surface area contributed by atoms with Crippen LogP contribution in [0.2, 0.25) is 0 Å². The van der Waals surface area contributed by atoms with Gasteiger partial charge in [0.2, 0.25) is 21.7 Å². The van der Waals surface area contributed by atoms with Crippen molar-refractivity contribution in [2.45, 2.75) is 30.2 Å². The third kappa shape index (κ3) is 4.45. The van der Waals surface area contributed by atoms with Crippen LogP contribution < -0.4 is 10.5 Å². The number of hydrogen-bond donors (Lipinski definition) is 2. The molecular formula is C23H23N3O4S. The molecule has 1 atom stereocenters. The van der Waals surface area contributed by atoms with Gasteiger partial charge in [-0.25, -0.2) is 13.6 Å². The molecule has 0 saturated carbocycles. The Kier molecular flexibility index (Phi) is 5.75. The van der Waals surface area contributed by atoms with Crippen molar-refractivity contribution in [1.29, 1.82) is 0 Å². The summed E-state index contributed by atoms with van der Waals surface area (Å²) < 4.78 is 24.6. The van der Waals surface area contributed by atoms with E-state index >= 15 is 0 Å². The number of hydrogen-bond acceptors (Lipinski definition) is 4. The monoisotopic (exact) mass is 437 g/mol. The van der Waals surface area contributed by atoms with Crippen LogP contribution in [0.25, 0.3) is 0 Å². The van der Waals surface area contributed by atoms with Gasteiger partial charge >= 0.3 is 0 Å². The Balaban J connectivity index is 1.37. The SMILES string of the molecule is NS(=O)(=O)c1ccc(CCNC(=O)C2CCn3c(C(=O)c4ccccc4)ccc32)cc1. The number of benzene rings is 2. The number of carbonyl (C=O) groups excluding carboxylic acids is 2. The molecule has 160 valence electrons. The number of amides is 1. The molecule has 2 heterocycles.